The van der Waals surface area contributed by atoms with Crippen molar-refractivity contribution in [2.45, 2.75) is 13.8 Å². The molecule has 3 heterocycles. The third-order valence-electron chi connectivity index (χ3n) is 4.37. The fourth-order valence-electron chi connectivity index (χ4n) is 3.21. The molecule has 0 saturated carbocycles. The molecule has 130 valence electrons. The van der Waals surface area contributed by atoms with Gasteiger partial charge in [-0.05, 0) is 37.1 Å². The van der Waals surface area contributed by atoms with Crippen molar-refractivity contribution < 1.29 is 4.74 Å². The minimum absolute atomic E-state index is 0.193. The highest BCUT2D eigenvalue weighted by molar-refractivity contribution is 6.30. The van der Waals surface area contributed by atoms with Gasteiger partial charge in [0.25, 0.3) is 5.56 Å². The van der Waals surface area contributed by atoms with Gasteiger partial charge in [0.2, 0.25) is 5.95 Å². The molecule has 1 N–H and O–H groups in total. The second kappa shape index (κ2) is 6.16. The van der Waals surface area contributed by atoms with Crippen LogP contribution in [0.25, 0.3) is 16.7 Å². The van der Waals surface area contributed by atoms with Crippen molar-refractivity contribution in [2.75, 3.05) is 31.2 Å². The summed E-state index contributed by atoms with van der Waals surface area (Å²) < 4.78 is 7.05. The van der Waals surface area contributed by atoms with Crippen LogP contribution in [0.15, 0.2) is 23.1 Å². The molecule has 0 amide bonds. The average molecular weight is 360 g/mol. The van der Waals surface area contributed by atoms with Crippen molar-refractivity contribution in [1.82, 2.24) is 19.7 Å². The molecule has 0 spiro atoms. The number of H-pyrrole nitrogens is 1. The summed E-state index contributed by atoms with van der Waals surface area (Å²) in [4.78, 5) is 21.9. The number of halogens is 1. The lowest BCUT2D eigenvalue weighted by molar-refractivity contribution is 0.122. The number of nitrogens with zero attached hydrogens (tertiary/aromatic N) is 4. The van der Waals surface area contributed by atoms with Gasteiger partial charge in [-0.3, -0.25) is 9.78 Å². The molecule has 4 rings (SSSR count). The van der Waals surface area contributed by atoms with Crippen molar-refractivity contribution >= 4 is 28.6 Å². The van der Waals surface area contributed by atoms with Gasteiger partial charge in [0.1, 0.15) is 5.39 Å². The highest BCUT2D eigenvalue weighted by Crippen LogP contribution is 2.24. The molecule has 0 radical (unpaired) electrons. The van der Waals surface area contributed by atoms with Crippen LogP contribution >= 0.6 is 11.6 Å². The molecule has 1 aromatic carbocycles. The highest BCUT2D eigenvalue weighted by atomic mass is 35.5. The molecular weight excluding hydrogens is 342 g/mol. The number of aryl methyl sites for hydroxylation is 2. The van der Waals surface area contributed by atoms with E-state index in [1.165, 1.54) is 0 Å². The number of nitrogens with one attached hydrogen (secondary N) is 1. The van der Waals surface area contributed by atoms with Crippen LogP contribution < -0.4 is 10.5 Å². The zero-order chi connectivity index (χ0) is 17.6. The Morgan fingerprint density at radius 3 is 2.56 bits per heavy atom. The fraction of sp³-hybridized carbons (Fsp3) is 0.353. The third kappa shape index (κ3) is 2.89. The quantitative estimate of drug-likeness (QED) is 0.759. The first-order valence-electron chi connectivity index (χ1n) is 8.12. The minimum atomic E-state index is -0.193. The van der Waals surface area contributed by atoms with Crippen LogP contribution in [-0.2, 0) is 4.74 Å². The molecule has 0 unspecified atom stereocenters. The summed E-state index contributed by atoms with van der Waals surface area (Å²) in [6, 6.07) is 3.76. The standard InChI is InChI=1S/C17H18ClN5O2/c1-10-7-12(18)8-11(2)14(10)23-9-13-15(21-23)19-17(20-16(13)24)22-3-5-25-6-4-22/h7-9H,3-6H2,1-2H3,(H,19,20,21,24). The molecule has 1 saturated heterocycles. The molecule has 0 atom stereocenters. The molecule has 8 heteroatoms. The van der Waals surface area contributed by atoms with E-state index in [4.69, 9.17) is 16.3 Å². The third-order valence-corrected chi connectivity index (χ3v) is 4.59. The Balaban J connectivity index is 1.83. The molecule has 3 aromatic rings. The van der Waals surface area contributed by atoms with E-state index in [1.807, 2.05) is 30.9 Å². The van der Waals surface area contributed by atoms with Gasteiger partial charge in [0, 0.05) is 24.3 Å². The fourth-order valence-corrected chi connectivity index (χ4v) is 3.54. The second-order valence-corrected chi connectivity index (χ2v) is 6.62. The van der Waals surface area contributed by atoms with Gasteiger partial charge >= 0.3 is 0 Å². The number of rotatable bonds is 2. The predicted octanol–water partition coefficient (Wildman–Crippen LogP) is 2.22. The van der Waals surface area contributed by atoms with Crippen LogP contribution in [0.3, 0.4) is 0 Å². The van der Waals surface area contributed by atoms with Gasteiger partial charge < -0.3 is 9.64 Å². The van der Waals surface area contributed by atoms with E-state index in [-0.39, 0.29) is 5.56 Å². The average Bonchev–Trinajstić information content (AvgIpc) is 2.99. The van der Waals surface area contributed by atoms with Crippen molar-refractivity contribution in [2.24, 2.45) is 0 Å². The van der Waals surface area contributed by atoms with Gasteiger partial charge in [-0.15, -0.1) is 5.10 Å². The summed E-state index contributed by atoms with van der Waals surface area (Å²) in [5.41, 5.74) is 3.13. The van der Waals surface area contributed by atoms with E-state index in [1.54, 1.807) is 10.9 Å². The van der Waals surface area contributed by atoms with Crippen LogP contribution in [0, 0.1) is 13.8 Å². The minimum Gasteiger partial charge on any atom is -0.378 e. The van der Waals surface area contributed by atoms with Gasteiger partial charge in [-0.1, -0.05) is 11.6 Å². The maximum absolute atomic E-state index is 12.5. The molecule has 7 nitrogen and oxygen atoms in total. The summed E-state index contributed by atoms with van der Waals surface area (Å²) in [5, 5.41) is 5.68. The Kier molecular flexibility index (Phi) is 3.97. The van der Waals surface area contributed by atoms with Gasteiger partial charge in [-0.2, -0.15) is 4.98 Å². The maximum Gasteiger partial charge on any atom is 0.263 e. The molecule has 1 fully saturated rings. The second-order valence-electron chi connectivity index (χ2n) is 6.19. The summed E-state index contributed by atoms with van der Waals surface area (Å²) >= 11 is 6.11. The number of ether oxygens (including phenoxy) is 1. The number of aromatic amines is 1. The Morgan fingerprint density at radius 1 is 1.20 bits per heavy atom. The Labute approximate surface area is 149 Å². The van der Waals surface area contributed by atoms with Crippen LogP contribution in [0.4, 0.5) is 5.95 Å². The Morgan fingerprint density at radius 2 is 1.88 bits per heavy atom. The van der Waals surface area contributed by atoms with Gasteiger partial charge in [0.05, 0.1) is 18.9 Å². The van der Waals surface area contributed by atoms with Gasteiger partial charge in [-0.25, -0.2) is 4.68 Å². The number of hydrogen-bond acceptors (Lipinski definition) is 5. The summed E-state index contributed by atoms with van der Waals surface area (Å²) in [6.45, 7) is 6.59. The first kappa shape index (κ1) is 16.1. The topological polar surface area (TPSA) is 76.0 Å². The van der Waals surface area contributed by atoms with Crippen LogP contribution in [0.2, 0.25) is 5.02 Å². The molecule has 1 aliphatic rings. The summed E-state index contributed by atoms with van der Waals surface area (Å²) in [5.74, 6) is 0.538. The normalized spacial score (nSPS) is 15.1. The molecule has 0 bridgehead atoms. The lowest BCUT2D eigenvalue weighted by Gasteiger charge is -2.26. The highest BCUT2D eigenvalue weighted by Gasteiger charge is 2.17. The monoisotopic (exact) mass is 359 g/mol. The largest absolute Gasteiger partial charge is 0.378 e. The molecular formula is C17H18ClN5O2. The SMILES string of the molecule is Cc1cc(Cl)cc(C)c1-n1cc2c(=O)[nH]c(N3CCOCC3)nc2n1. The van der Waals surface area contributed by atoms with Crippen molar-refractivity contribution in [1.29, 1.82) is 0 Å². The van der Waals surface area contributed by atoms with E-state index in [9.17, 15) is 4.79 Å². The molecule has 2 aromatic heterocycles. The lowest BCUT2D eigenvalue weighted by atomic mass is 10.1. The smallest absolute Gasteiger partial charge is 0.263 e. The number of hydrogen-bond donors (Lipinski definition) is 1. The van der Waals surface area contributed by atoms with E-state index in [2.05, 4.69) is 15.1 Å². The van der Waals surface area contributed by atoms with E-state index in [0.29, 0.717) is 48.3 Å². The number of anilines is 1. The first-order chi connectivity index (χ1) is 12.0. The number of benzene rings is 1. The molecule has 25 heavy (non-hydrogen) atoms. The van der Waals surface area contributed by atoms with Crippen LogP contribution in [-0.4, -0.2) is 46.1 Å². The van der Waals surface area contributed by atoms with Crippen LogP contribution in [0.1, 0.15) is 11.1 Å². The van der Waals surface area contributed by atoms with Crippen LogP contribution in [0.5, 0.6) is 0 Å². The lowest BCUT2D eigenvalue weighted by Crippen LogP contribution is -2.38. The van der Waals surface area contributed by atoms with E-state index >= 15 is 0 Å². The first-order valence-corrected chi connectivity index (χ1v) is 8.50. The van der Waals surface area contributed by atoms with E-state index in [0.717, 1.165) is 16.8 Å². The molecule has 1 aliphatic heterocycles. The molecule has 0 aliphatic carbocycles. The predicted molar refractivity (Wildman–Crippen MR) is 97.0 cm³/mol. The number of aromatic nitrogens is 4. The van der Waals surface area contributed by atoms with E-state index < -0.39 is 0 Å². The van der Waals surface area contributed by atoms with Crippen molar-refractivity contribution in [3.8, 4) is 5.69 Å². The Hall–Kier alpha value is -2.38. The summed E-state index contributed by atoms with van der Waals surface area (Å²) in [7, 11) is 0. The number of morpholine rings is 1. The zero-order valence-electron chi connectivity index (χ0n) is 14.0. The number of fused-ring (bicyclic) bond motifs is 1. The van der Waals surface area contributed by atoms with Gasteiger partial charge in [0.15, 0.2) is 5.65 Å². The van der Waals surface area contributed by atoms with Crippen molar-refractivity contribution in [3.05, 3.63) is 44.8 Å². The summed E-state index contributed by atoms with van der Waals surface area (Å²) in [6.07, 6.45) is 1.72. The zero-order valence-corrected chi connectivity index (χ0v) is 14.8. The maximum atomic E-state index is 12.5. The Bertz CT molecular complexity index is 981. The van der Waals surface area contributed by atoms with Crippen molar-refractivity contribution in [3.63, 3.8) is 0 Å².